The predicted molar refractivity (Wildman–Crippen MR) is 90.4 cm³/mol. The Morgan fingerprint density at radius 3 is 2.18 bits per heavy atom. The summed E-state index contributed by atoms with van der Waals surface area (Å²) >= 11 is 0. The van der Waals surface area contributed by atoms with Gasteiger partial charge < -0.3 is 4.90 Å². The summed E-state index contributed by atoms with van der Waals surface area (Å²) in [6, 6.07) is 7.13. The molecule has 1 aromatic rings. The number of aryl methyl sites for hydroxylation is 1. The second-order valence-electron chi connectivity index (χ2n) is 6.59. The maximum Gasteiger partial charge on any atom is 0.243 e. The van der Waals surface area contributed by atoms with Crippen LogP contribution in [0.4, 0.5) is 0 Å². The Kier molecular flexibility index (Phi) is 6.01. The van der Waals surface area contributed by atoms with Gasteiger partial charge in [-0.2, -0.15) is 4.31 Å². The quantitative estimate of drug-likeness (QED) is 0.808. The monoisotopic (exact) mass is 324 g/mol. The van der Waals surface area contributed by atoms with Crippen molar-refractivity contribution in [1.29, 1.82) is 0 Å². The summed E-state index contributed by atoms with van der Waals surface area (Å²) in [6.07, 6.45) is 2.43. The summed E-state index contributed by atoms with van der Waals surface area (Å²) < 4.78 is 26.9. The molecular weight excluding hydrogens is 296 g/mol. The van der Waals surface area contributed by atoms with Crippen LogP contribution in [0, 0.1) is 12.8 Å². The van der Waals surface area contributed by atoms with E-state index in [0.29, 0.717) is 18.0 Å². The third-order valence-electron chi connectivity index (χ3n) is 4.25. The summed E-state index contributed by atoms with van der Waals surface area (Å²) in [5.74, 6) is 0.739. The largest absolute Gasteiger partial charge is 0.301 e. The van der Waals surface area contributed by atoms with Gasteiger partial charge in [0.25, 0.3) is 0 Å². The highest BCUT2D eigenvalue weighted by atomic mass is 32.2. The first-order chi connectivity index (χ1) is 10.4. The van der Waals surface area contributed by atoms with E-state index < -0.39 is 10.0 Å². The summed E-state index contributed by atoms with van der Waals surface area (Å²) in [5, 5.41) is 0. The van der Waals surface area contributed by atoms with Crippen molar-refractivity contribution in [3.63, 3.8) is 0 Å². The molecule has 1 aliphatic rings. The molecule has 2 rings (SSSR count). The van der Waals surface area contributed by atoms with E-state index in [9.17, 15) is 8.42 Å². The molecule has 1 aliphatic heterocycles. The third-order valence-corrected chi connectivity index (χ3v) is 6.16. The fourth-order valence-electron chi connectivity index (χ4n) is 2.78. The van der Waals surface area contributed by atoms with Crippen molar-refractivity contribution < 1.29 is 8.42 Å². The van der Waals surface area contributed by atoms with Crippen LogP contribution in [-0.2, 0) is 10.0 Å². The first-order valence-electron chi connectivity index (χ1n) is 8.19. The topological polar surface area (TPSA) is 40.6 Å². The zero-order valence-electron chi connectivity index (χ0n) is 14.0. The van der Waals surface area contributed by atoms with Crippen molar-refractivity contribution in [3.05, 3.63) is 29.8 Å². The maximum absolute atomic E-state index is 12.6. The maximum atomic E-state index is 12.6. The van der Waals surface area contributed by atoms with Crippen LogP contribution in [-0.4, -0.2) is 50.3 Å². The van der Waals surface area contributed by atoms with E-state index in [4.69, 9.17) is 0 Å². The molecule has 0 atom stereocenters. The zero-order chi connectivity index (χ0) is 16.2. The minimum Gasteiger partial charge on any atom is -0.301 e. The molecule has 1 heterocycles. The Morgan fingerprint density at radius 2 is 1.64 bits per heavy atom. The fourth-order valence-corrected chi connectivity index (χ4v) is 4.20. The lowest BCUT2D eigenvalue weighted by molar-refractivity contribution is 0.183. The molecule has 22 heavy (non-hydrogen) atoms. The Bertz CT molecular complexity index is 559. The standard InChI is InChI=1S/C17H28N2O2S/c1-15(2)5-4-10-18-11-13-19(14-12-18)22(20,21)17-8-6-16(3)7-9-17/h6-9,15H,4-5,10-14H2,1-3H3. The van der Waals surface area contributed by atoms with Gasteiger partial charge in [0.05, 0.1) is 4.90 Å². The number of nitrogens with zero attached hydrogens (tertiary/aromatic N) is 2. The molecular formula is C17H28N2O2S. The molecule has 0 radical (unpaired) electrons. The fraction of sp³-hybridized carbons (Fsp3) is 0.647. The summed E-state index contributed by atoms with van der Waals surface area (Å²) in [6.45, 7) is 10.4. The van der Waals surface area contributed by atoms with Gasteiger partial charge in [-0.1, -0.05) is 31.5 Å². The number of piperazine rings is 1. The van der Waals surface area contributed by atoms with Gasteiger partial charge >= 0.3 is 0 Å². The molecule has 0 unspecified atom stereocenters. The molecule has 0 aromatic heterocycles. The van der Waals surface area contributed by atoms with Gasteiger partial charge in [-0.15, -0.1) is 0 Å². The van der Waals surface area contributed by atoms with Crippen LogP contribution < -0.4 is 0 Å². The molecule has 124 valence electrons. The van der Waals surface area contributed by atoms with Crippen LogP contribution in [0.25, 0.3) is 0 Å². The van der Waals surface area contributed by atoms with Gasteiger partial charge in [-0.05, 0) is 44.4 Å². The van der Waals surface area contributed by atoms with Gasteiger partial charge in [0.15, 0.2) is 0 Å². The molecule has 0 bridgehead atoms. The molecule has 0 spiro atoms. The number of sulfonamides is 1. The van der Waals surface area contributed by atoms with E-state index in [1.54, 1.807) is 16.4 Å². The summed E-state index contributed by atoms with van der Waals surface area (Å²) in [5.41, 5.74) is 1.08. The van der Waals surface area contributed by atoms with Crippen LogP contribution in [0.1, 0.15) is 32.3 Å². The van der Waals surface area contributed by atoms with Crippen molar-refractivity contribution in [3.8, 4) is 0 Å². The summed E-state index contributed by atoms with van der Waals surface area (Å²) in [7, 11) is -3.33. The first kappa shape index (κ1) is 17.4. The average molecular weight is 324 g/mol. The molecule has 0 aliphatic carbocycles. The molecule has 1 saturated heterocycles. The number of rotatable bonds is 6. The lowest BCUT2D eigenvalue weighted by Gasteiger charge is -2.34. The second kappa shape index (κ2) is 7.57. The van der Waals surface area contributed by atoms with Gasteiger partial charge in [0.1, 0.15) is 0 Å². The zero-order valence-corrected chi connectivity index (χ0v) is 14.8. The second-order valence-corrected chi connectivity index (χ2v) is 8.53. The molecule has 1 aromatic carbocycles. The van der Waals surface area contributed by atoms with E-state index >= 15 is 0 Å². The van der Waals surface area contributed by atoms with E-state index in [-0.39, 0.29) is 0 Å². The molecule has 0 saturated carbocycles. The Labute approximate surface area is 135 Å². The van der Waals surface area contributed by atoms with Crippen molar-refractivity contribution in [2.24, 2.45) is 5.92 Å². The van der Waals surface area contributed by atoms with Gasteiger partial charge in [-0.3, -0.25) is 0 Å². The Morgan fingerprint density at radius 1 is 1.05 bits per heavy atom. The summed E-state index contributed by atoms with van der Waals surface area (Å²) in [4.78, 5) is 2.79. The number of benzene rings is 1. The third kappa shape index (κ3) is 4.54. The van der Waals surface area contributed by atoms with Crippen molar-refractivity contribution in [2.45, 2.75) is 38.5 Å². The predicted octanol–water partition coefficient (Wildman–Crippen LogP) is 2.74. The van der Waals surface area contributed by atoms with Crippen molar-refractivity contribution in [1.82, 2.24) is 9.21 Å². The highest BCUT2D eigenvalue weighted by Gasteiger charge is 2.28. The van der Waals surface area contributed by atoms with Crippen LogP contribution in [0.3, 0.4) is 0 Å². The van der Waals surface area contributed by atoms with Crippen LogP contribution in [0.15, 0.2) is 29.2 Å². The van der Waals surface area contributed by atoms with Crippen LogP contribution in [0.2, 0.25) is 0 Å². The minimum absolute atomic E-state index is 0.409. The molecule has 1 fully saturated rings. The number of hydrogen-bond donors (Lipinski definition) is 0. The van der Waals surface area contributed by atoms with Gasteiger partial charge in [-0.25, -0.2) is 8.42 Å². The Hall–Kier alpha value is -0.910. The van der Waals surface area contributed by atoms with Gasteiger partial charge in [0, 0.05) is 26.2 Å². The molecule has 0 amide bonds. The SMILES string of the molecule is Cc1ccc(S(=O)(=O)N2CCN(CCCC(C)C)CC2)cc1. The van der Waals surface area contributed by atoms with E-state index in [1.807, 2.05) is 19.1 Å². The van der Waals surface area contributed by atoms with Gasteiger partial charge in [0.2, 0.25) is 10.0 Å². The molecule has 0 N–H and O–H groups in total. The van der Waals surface area contributed by atoms with Crippen LogP contribution in [0.5, 0.6) is 0 Å². The highest BCUT2D eigenvalue weighted by Crippen LogP contribution is 2.18. The number of hydrogen-bond acceptors (Lipinski definition) is 3. The minimum atomic E-state index is -3.33. The van der Waals surface area contributed by atoms with Crippen molar-refractivity contribution in [2.75, 3.05) is 32.7 Å². The van der Waals surface area contributed by atoms with E-state index in [0.717, 1.165) is 31.1 Å². The van der Waals surface area contributed by atoms with E-state index in [1.165, 1.54) is 12.8 Å². The first-order valence-corrected chi connectivity index (χ1v) is 9.63. The highest BCUT2D eigenvalue weighted by molar-refractivity contribution is 7.89. The average Bonchev–Trinajstić information content (AvgIpc) is 2.48. The Balaban J connectivity index is 1.89. The van der Waals surface area contributed by atoms with Crippen LogP contribution >= 0.6 is 0 Å². The van der Waals surface area contributed by atoms with E-state index in [2.05, 4.69) is 18.7 Å². The molecule has 5 heteroatoms. The lowest BCUT2D eigenvalue weighted by atomic mass is 10.1. The smallest absolute Gasteiger partial charge is 0.243 e. The lowest BCUT2D eigenvalue weighted by Crippen LogP contribution is -2.48. The van der Waals surface area contributed by atoms with Crippen molar-refractivity contribution >= 4 is 10.0 Å². The normalized spacial score (nSPS) is 18.0. The molecule has 4 nitrogen and oxygen atoms in total.